The van der Waals surface area contributed by atoms with Crippen LogP contribution in [0.3, 0.4) is 0 Å². The van der Waals surface area contributed by atoms with E-state index in [2.05, 4.69) is 5.32 Å². The smallest absolute Gasteiger partial charge is 0.339 e. The lowest BCUT2D eigenvalue weighted by Crippen LogP contribution is -2.15. The van der Waals surface area contributed by atoms with E-state index in [-0.39, 0.29) is 17.2 Å². The lowest BCUT2D eigenvalue weighted by atomic mass is 10.2. The Bertz CT molecular complexity index is 762. The van der Waals surface area contributed by atoms with Crippen LogP contribution in [0.2, 0.25) is 5.02 Å². The highest BCUT2D eigenvalue weighted by atomic mass is 35.5. The summed E-state index contributed by atoms with van der Waals surface area (Å²) in [5, 5.41) is 3.09. The van der Waals surface area contributed by atoms with Crippen molar-refractivity contribution in [2.24, 2.45) is 0 Å². The number of benzene rings is 2. The molecule has 2 aromatic carbocycles. The van der Waals surface area contributed by atoms with Crippen molar-refractivity contribution in [1.82, 2.24) is 0 Å². The first-order valence-corrected chi connectivity index (χ1v) is 9.82. The van der Waals surface area contributed by atoms with Gasteiger partial charge in [-0.3, -0.25) is 4.79 Å². The predicted molar refractivity (Wildman–Crippen MR) is 107 cm³/mol. The summed E-state index contributed by atoms with van der Waals surface area (Å²) in [6.45, 7) is 4.40. The first-order chi connectivity index (χ1) is 12.5. The average Bonchev–Trinajstić information content (AvgIpc) is 2.63. The zero-order valence-electron chi connectivity index (χ0n) is 14.9. The number of aryl methyl sites for hydroxylation is 1. The van der Waals surface area contributed by atoms with Gasteiger partial charge in [-0.25, -0.2) is 4.79 Å². The Kier molecular flexibility index (Phi) is 8.01. The molecular weight excluding hydrogens is 370 g/mol. The van der Waals surface area contributed by atoms with E-state index in [9.17, 15) is 9.59 Å². The van der Waals surface area contributed by atoms with Crippen molar-refractivity contribution in [3.05, 3.63) is 58.6 Å². The fourth-order valence-electron chi connectivity index (χ4n) is 2.13. The van der Waals surface area contributed by atoms with Crippen LogP contribution in [0.5, 0.6) is 0 Å². The maximum absolute atomic E-state index is 12.1. The Hall–Kier alpha value is -1.98. The number of rotatable bonds is 8. The van der Waals surface area contributed by atoms with Gasteiger partial charge in [-0.15, -0.1) is 11.8 Å². The molecule has 0 aliphatic carbocycles. The highest BCUT2D eigenvalue weighted by Gasteiger charge is 2.14. The van der Waals surface area contributed by atoms with Gasteiger partial charge in [-0.05, 0) is 43.7 Å². The monoisotopic (exact) mass is 391 g/mol. The van der Waals surface area contributed by atoms with E-state index in [0.717, 1.165) is 17.7 Å². The normalized spacial score (nSPS) is 10.4. The van der Waals surface area contributed by atoms with Crippen LogP contribution in [0.1, 0.15) is 35.7 Å². The highest BCUT2D eigenvalue weighted by molar-refractivity contribution is 8.00. The number of unbranched alkanes of at least 4 members (excludes halogenated alkanes) is 1. The summed E-state index contributed by atoms with van der Waals surface area (Å²) in [5.74, 6) is -0.348. The summed E-state index contributed by atoms with van der Waals surface area (Å²) >= 11 is 7.53. The molecule has 0 heterocycles. The molecule has 1 N–H and O–H groups in total. The third-order valence-electron chi connectivity index (χ3n) is 3.59. The largest absolute Gasteiger partial charge is 0.462 e. The molecule has 26 heavy (non-hydrogen) atoms. The van der Waals surface area contributed by atoms with E-state index < -0.39 is 5.97 Å². The molecule has 4 nitrogen and oxygen atoms in total. The number of hydrogen-bond donors (Lipinski definition) is 1. The molecule has 0 aliphatic rings. The number of carbonyl (C=O) groups is 2. The maximum Gasteiger partial charge on any atom is 0.339 e. The third-order valence-corrected chi connectivity index (χ3v) is 4.93. The van der Waals surface area contributed by atoms with E-state index in [1.165, 1.54) is 17.3 Å². The summed E-state index contributed by atoms with van der Waals surface area (Å²) in [5.41, 5.74) is 1.96. The molecule has 0 radical (unpaired) electrons. The van der Waals surface area contributed by atoms with E-state index in [1.807, 2.05) is 38.1 Å². The van der Waals surface area contributed by atoms with Gasteiger partial charge in [0.15, 0.2) is 0 Å². The van der Waals surface area contributed by atoms with E-state index in [0.29, 0.717) is 17.3 Å². The second kappa shape index (κ2) is 10.2. The molecule has 0 atom stereocenters. The molecule has 138 valence electrons. The number of anilines is 1. The number of esters is 1. The van der Waals surface area contributed by atoms with Crippen LogP contribution in [0.25, 0.3) is 0 Å². The zero-order valence-corrected chi connectivity index (χ0v) is 16.5. The molecule has 0 aliphatic heterocycles. The van der Waals surface area contributed by atoms with Crippen LogP contribution in [-0.4, -0.2) is 24.2 Å². The number of carbonyl (C=O) groups excluding carboxylic acids is 2. The second-order valence-electron chi connectivity index (χ2n) is 5.83. The molecule has 0 spiro atoms. The summed E-state index contributed by atoms with van der Waals surface area (Å²) in [4.78, 5) is 25.3. The molecule has 0 saturated heterocycles. The highest BCUT2D eigenvalue weighted by Crippen LogP contribution is 2.23. The van der Waals surface area contributed by atoms with Crippen molar-refractivity contribution in [3.8, 4) is 0 Å². The van der Waals surface area contributed by atoms with Gasteiger partial charge in [-0.2, -0.15) is 0 Å². The van der Waals surface area contributed by atoms with Crippen LogP contribution in [0.15, 0.2) is 47.4 Å². The van der Waals surface area contributed by atoms with Gasteiger partial charge in [0.1, 0.15) is 0 Å². The number of hydrogen-bond acceptors (Lipinski definition) is 4. The van der Waals surface area contributed by atoms with Gasteiger partial charge < -0.3 is 10.1 Å². The molecule has 2 aromatic rings. The molecule has 0 bridgehead atoms. The topological polar surface area (TPSA) is 55.4 Å². The van der Waals surface area contributed by atoms with Gasteiger partial charge in [0.25, 0.3) is 0 Å². The number of nitrogens with one attached hydrogen (secondary N) is 1. The van der Waals surface area contributed by atoms with Crippen molar-refractivity contribution in [2.45, 2.75) is 31.6 Å². The minimum Gasteiger partial charge on any atom is -0.462 e. The van der Waals surface area contributed by atoms with E-state index in [1.54, 1.807) is 18.2 Å². The minimum absolute atomic E-state index is 0.150. The lowest BCUT2D eigenvalue weighted by molar-refractivity contribution is -0.113. The third kappa shape index (κ3) is 6.39. The molecular formula is C20H22ClNO3S. The van der Waals surface area contributed by atoms with Crippen LogP contribution < -0.4 is 5.32 Å². The summed E-state index contributed by atoms with van der Waals surface area (Å²) in [6.07, 6.45) is 1.74. The van der Waals surface area contributed by atoms with Crippen molar-refractivity contribution in [3.63, 3.8) is 0 Å². The number of ether oxygens (including phenoxy) is 1. The van der Waals surface area contributed by atoms with Gasteiger partial charge >= 0.3 is 5.97 Å². The number of halogens is 1. The minimum atomic E-state index is -0.478. The van der Waals surface area contributed by atoms with Crippen LogP contribution in [-0.2, 0) is 9.53 Å². The lowest BCUT2D eigenvalue weighted by Gasteiger charge is -2.09. The van der Waals surface area contributed by atoms with Crippen LogP contribution in [0.4, 0.5) is 5.69 Å². The van der Waals surface area contributed by atoms with Crippen molar-refractivity contribution in [1.29, 1.82) is 0 Å². The van der Waals surface area contributed by atoms with Crippen LogP contribution in [0, 0.1) is 6.92 Å². The van der Waals surface area contributed by atoms with E-state index >= 15 is 0 Å². The summed E-state index contributed by atoms with van der Waals surface area (Å²) in [7, 11) is 0. The van der Waals surface area contributed by atoms with Gasteiger partial charge in [0.2, 0.25) is 5.91 Å². The fraction of sp³-hybridized carbons (Fsp3) is 0.300. The average molecular weight is 392 g/mol. The molecule has 0 aromatic heterocycles. The molecule has 0 unspecified atom stereocenters. The summed E-state index contributed by atoms with van der Waals surface area (Å²) in [6, 6.07) is 12.8. The first-order valence-electron chi connectivity index (χ1n) is 8.45. The Morgan fingerprint density at radius 3 is 2.58 bits per heavy atom. The quantitative estimate of drug-likeness (QED) is 0.375. The second-order valence-corrected chi connectivity index (χ2v) is 7.29. The van der Waals surface area contributed by atoms with Gasteiger partial charge in [0.05, 0.1) is 22.9 Å². The standard InChI is InChI=1S/C20H22ClNO3S/c1-3-4-11-25-20(24)17-12-15(7-10-18(17)21)22-19(23)13-26-16-8-5-14(2)6-9-16/h5-10,12H,3-4,11,13H2,1-2H3,(H,22,23). The number of thioether (sulfide) groups is 1. The Balaban J connectivity index is 1.93. The Morgan fingerprint density at radius 2 is 1.88 bits per heavy atom. The molecule has 0 fully saturated rings. The van der Waals surface area contributed by atoms with Crippen molar-refractivity contribution < 1.29 is 14.3 Å². The SMILES string of the molecule is CCCCOC(=O)c1cc(NC(=O)CSc2ccc(C)cc2)ccc1Cl. The van der Waals surface area contributed by atoms with Gasteiger partial charge in [-0.1, -0.05) is 42.6 Å². The van der Waals surface area contributed by atoms with E-state index in [4.69, 9.17) is 16.3 Å². The Labute approximate surface area is 163 Å². The van der Waals surface area contributed by atoms with Crippen LogP contribution >= 0.6 is 23.4 Å². The molecule has 0 saturated carbocycles. The maximum atomic E-state index is 12.1. The van der Waals surface area contributed by atoms with Gasteiger partial charge in [0, 0.05) is 10.6 Å². The number of amides is 1. The molecule has 6 heteroatoms. The first kappa shape index (κ1) is 20.3. The summed E-state index contributed by atoms with van der Waals surface area (Å²) < 4.78 is 5.18. The molecule has 1 amide bonds. The van der Waals surface area contributed by atoms with Crippen molar-refractivity contribution in [2.75, 3.05) is 17.7 Å². The molecule has 2 rings (SSSR count). The predicted octanol–water partition coefficient (Wildman–Crippen LogP) is 5.34. The fourth-order valence-corrected chi connectivity index (χ4v) is 3.02. The van der Waals surface area contributed by atoms with Crippen molar-refractivity contribution >= 4 is 40.9 Å². The zero-order chi connectivity index (χ0) is 18.9. The Morgan fingerprint density at radius 1 is 1.15 bits per heavy atom.